The van der Waals surface area contributed by atoms with E-state index in [2.05, 4.69) is 0 Å². The Morgan fingerprint density at radius 2 is 2.40 bits per heavy atom. The van der Waals surface area contributed by atoms with Gasteiger partial charge in [0.25, 0.3) is 0 Å². The van der Waals surface area contributed by atoms with Crippen LogP contribution in [0.3, 0.4) is 0 Å². The van der Waals surface area contributed by atoms with Crippen LogP contribution in [0.5, 0.6) is 0 Å². The first-order valence-corrected chi connectivity index (χ1v) is 3.87. The van der Waals surface area contributed by atoms with Crippen molar-refractivity contribution >= 4 is 17.4 Å². The number of ether oxygens (including phenoxy) is 1. The summed E-state index contributed by atoms with van der Waals surface area (Å²) in [7, 11) is 1.66. The molecule has 0 radical (unpaired) electrons. The van der Waals surface area contributed by atoms with Crippen molar-refractivity contribution in [1.82, 2.24) is 0 Å². The number of hydrogen-bond acceptors (Lipinski definition) is 2. The van der Waals surface area contributed by atoms with Gasteiger partial charge in [-0.25, -0.2) is 0 Å². The number of methoxy groups -OCH3 is 1. The Bertz CT molecular complexity index is 136. The summed E-state index contributed by atoms with van der Waals surface area (Å²) in [4.78, 5) is 10.9. The Morgan fingerprint density at radius 1 is 1.70 bits per heavy atom. The van der Waals surface area contributed by atoms with Gasteiger partial charge in [0.05, 0.1) is 11.5 Å². The first kappa shape index (κ1) is 8.02. The van der Waals surface area contributed by atoms with Crippen LogP contribution in [0.4, 0.5) is 0 Å². The molecule has 1 rings (SSSR count). The third kappa shape index (κ3) is 1.70. The molecule has 0 aromatic rings. The largest absolute Gasteiger partial charge is 0.381 e. The first-order chi connectivity index (χ1) is 4.74. The quantitative estimate of drug-likeness (QED) is 0.545. The molecular weight excluding hydrogens is 152 g/mol. The van der Waals surface area contributed by atoms with Crippen LogP contribution in [0.2, 0.25) is 0 Å². The van der Waals surface area contributed by atoms with Gasteiger partial charge in [-0.1, -0.05) is 0 Å². The van der Waals surface area contributed by atoms with Gasteiger partial charge in [-0.2, -0.15) is 0 Å². The number of Topliss-reactive ketones (excluding diaryl/α,β-unsaturated/α-hetero) is 1. The molecule has 1 fully saturated rings. The number of carbonyl (C=O) groups is 1. The van der Waals surface area contributed by atoms with Crippen molar-refractivity contribution in [2.45, 2.75) is 30.7 Å². The van der Waals surface area contributed by atoms with Gasteiger partial charge in [0.15, 0.2) is 5.78 Å². The zero-order valence-electron chi connectivity index (χ0n) is 5.97. The molecule has 0 amide bonds. The molecule has 0 bridgehead atoms. The van der Waals surface area contributed by atoms with Crippen LogP contribution in [0.1, 0.15) is 19.3 Å². The summed E-state index contributed by atoms with van der Waals surface area (Å²) in [5.41, 5.74) is 0. The average Bonchev–Trinajstić information content (AvgIpc) is 1.95. The predicted molar refractivity (Wildman–Crippen MR) is 39.3 cm³/mol. The lowest BCUT2D eigenvalue weighted by atomic mass is 9.96. The van der Waals surface area contributed by atoms with Gasteiger partial charge in [0.1, 0.15) is 0 Å². The second kappa shape index (κ2) is 3.35. The number of ketones is 1. The summed E-state index contributed by atoms with van der Waals surface area (Å²) >= 11 is 5.71. The topological polar surface area (TPSA) is 26.3 Å². The Hall–Kier alpha value is -0.0800. The lowest BCUT2D eigenvalue weighted by Gasteiger charge is -2.22. The molecule has 0 heterocycles. The van der Waals surface area contributed by atoms with Crippen LogP contribution in [0, 0.1) is 0 Å². The minimum absolute atomic E-state index is 0.162. The van der Waals surface area contributed by atoms with Gasteiger partial charge in [0.2, 0.25) is 0 Å². The second-order valence-corrected chi connectivity index (χ2v) is 3.09. The standard InChI is InChI=1S/C7H11ClO2/c1-10-5-2-3-7(9)6(8)4-5/h5-6H,2-4H2,1H3. The smallest absolute Gasteiger partial charge is 0.150 e. The van der Waals surface area contributed by atoms with Gasteiger partial charge >= 0.3 is 0 Å². The fraction of sp³-hybridized carbons (Fsp3) is 0.857. The van der Waals surface area contributed by atoms with E-state index in [1.165, 1.54) is 0 Å². The molecule has 0 aliphatic heterocycles. The highest BCUT2D eigenvalue weighted by Gasteiger charge is 2.26. The molecule has 2 atom stereocenters. The van der Waals surface area contributed by atoms with E-state index in [0.29, 0.717) is 12.8 Å². The highest BCUT2D eigenvalue weighted by molar-refractivity contribution is 6.31. The third-order valence-electron chi connectivity index (χ3n) is 1.87. The van der Waals surface area contributed by atoms with Crippen LogP contribution in [0.15, 0.2) is 0 Å². The van der Waals surface area contributed by atoms with Crippen molar-refractivity contribution in [3.63, 3.8) is 0 Å². The monoisotopic (exact) mass is 162 g/mol. The molecule has 0 saturated heterocycles. The SMILES string of the molecule is COC1CCC(=O)C(Cl)C1. The van der Waals surface area contributed by atoms with E-state index in [0.717, 1.165) is 6.42 Å². The summed E-state index contributed by atoms with van der Waals surface area (Å²) < 4.78 is 5.07. The first-order valence-electron chi connectivity index (χ1n) is 3.43. The minimum atomic E-state index is -0.307. The van der Waals surface area contributed by atoms with Crippen molar-refractivity contribution in [2.75, 3.05) is 7.11 Å². The molecule has 58 valence electrons. The molecule has 3 heteroatoms. The number of alkyl halides is 1. The van der Waals surface area contributed by atoms with Crippen LogP contribution in [-0.2, 0) is 9.53 Å². The van der Waals surface area contributed by atoms with Crippen molar-refractivity contribution in [3.8, 4) is 0 Å². The lowest BCUT2D eigenvalue weighted by molar-refractivity contribution is -0.122. The molecule has 0 spiro atoms. The van der Waals surface area contributed by atoms with Crippen molar-refractivity contribution in [2.24, 2.45) is 0 Å². The van der Waals surface area contributed by atoms with E-state index in [1.807, 2.05) is 0 Å². The van der Waals surface area contributed by atoms with Crippen LogP contribution in [0.25, 0.3) is 0 Å². The molecule has 2 nitrogen and oxygen atoms in total. The number of hydrogen-bond donors (Lipinski definition) is 0. The van der Waals surface area contributed by atoms with Gasteiger partial charge in [-0.3, -0.25) is 4.79 Å². The maximum absolute atomic E-state index is 10.9. The highest BCUT2D eigenvalue weighted by Crippen LogP contribution is 2.21. The minimum Gasteiger partial charge on any atom is -0.381 e. The molecule has 1 saturated carbocycles. The molecule has 0 N–H and O–H groups in total. The van der Waals surface area contributed by atoms with Gasteiger partial charge in [0, 0.05) is 13.5 Å². The Morgan fingerprint density at radius 3 is 2.90 bits per heavy atom. The molecule has 0 aromatic carbocycles. The summed E-state index contributed by atoms with van der Waals surface area (Å²) in [5, 5.41) is -0.307. The van der Waals surface area contributed by atoms with E-state index >= 15 is 0 Å². The zero-order chi connectivity index (χ0) is 7.56. The molecule has 1 aliphatic carbocycles. The number of halogens is 1. The number of carbonyl (C=O) groups excluding carboxylic acids is 1. The fourth-order valence-corrected chi connectivity index (χ4v) is 1.46. The van der Waals surface area contributed by atoms with E-state index in [1.54, 1.807) is 7.11 Å². The Labute approximate surface area is 65.5 Å². The molecule has 2 unspecified atom stereocenters. The lowest BCUT2D eigenvalue weighted by Crippen LogP contribution is -2.29. The normalized spacial score (nSPS) is 34.4. The van der Waals surface area contributed by atoms with Gasteiger partial charge in [-0.05, 0) is 12.8 Å². The molecule has 10 heavy (non-hydrogen) atoms. The highest BCUT2D eigenvalue weighted by atomic mass is 35.5. The number of rotatable bonds is 1. The third-order valence-corrected chi connectivity index (χ3v) is 2.29. The van der Waals surface area contributed by atoms with Crippen LogP contribution >= 0.6 is 11.6 Å². The molecular formula is C7H11ClO2. The van der Waals surface area contributed by atoms with Gasteiger partial charge < -0.3 is 4.74 Å². The van der Waals surface area contributed by atoms with Crippen molar-refractivity contribution in [1.29, 1.82) is 0 Å². The van der Waals surface area contributed by atoms with Crippen LogP contribution < -0.4 is 0 Å². The summed E-state index contributed by atoms with van der Waals surface area (Å²) in [6.07, 6.45) is 2.28. The summed E-state index contributed by atoms with van der Waals surface area (Å²) in [6, 6.07) is 0. The Kier molecular flexibility index (Phi) is 2.69. The Balaban J connectivity index is 2.40. The van der Waals surface area contributed by atoms with E-state index in [-0.39, 0.29) is 17.3 Å². The second-order valence-electron chi connectivity index (χ2n) is 2.57. The summed E-state index contributed by atoms with van der Waals surface area (Å²) in [6.45, 7) is 0. The van der Waals surface area contributed by atoms with Crippen molar-refractivity contribution < 1.29 is 9.53 Å². The molecule has 1 aliphatic rings. The summed E-state index contributed by atoms with van der Waals surface area (Å²) in [5.74, 6) is 0.162. The fourth-order valence-electron chi connectivity index (χ4n) is 1.15. The van der Waals surface area contributed by atoms with Crippen LogP contribution in [-0.4, -0.2) is 24.4 Å². The maximum atomic E-state index is 10.9. The maximum Gasteiger partial charge on any atom is 0.150 e. The van der Waals surface area contributed by atoms with E-state index in [9.17, 15) is 4.79 Å². The molecule has 0 aromatic heterocycles. The van der Waals surface area contributed by atoms with Gasteiger partial charge in [-0.15, -0.1) is 11.6 Å². The van der Waals surface area contributed by atoms with Crippen molar-refractivity contribution in [3.05, 3.63) is 0 Å². The van der Waals surface area contributed by atoms with E-state index < -0.39 is 0 Å². The predicted octanol–water partition coefficient (Wildman–Crippen LogP) is 1.36. The van der Waals surface area contributed by atoms with E-state index in [4.69, 9.17) is 16.3 Å². The average molecular weight is 163 g/mol. The zero-order valence-corrected chi connectivity index (χ0v) is 6.73.